The highest BCUT2D eigenvalue weighted by Gasteiger charge is 2.12. The Labute approximate surface area is 88.7 Å². The first-order chi connectivity index (χ1) is 6.81. The van der Waals surface area contributed by atoms with E-state index in [1.165, 1.54) is 0 Å². The van der Waals surface area contributed by atoms with Crippen LogP contribution in [0.25, 0.3) is 0 Å². The predicted molar refractivity (Wildman–Crippen MR) is 58.4 cm³/mol. The zero-order valence-electron chi connectivity index (χ0n) is 7.82. The highest BCUT2D eigenvalue weighted by atomic mass is 32.1. The van der Waals surface area contributed by atoms with Gasteiger partial charge in [0.2, 0.25) is 0 Å². The second-order valence-electron chi connectivity index (χ2n) is 3.36. The number of thiol groups is 1. The van der Waals surface area contributed by atoms with Gasteiger partial charge in [0.15, 0.2) is 5.78 Å². The summed E-state index contributed by atoms with van der Waals surface area (Å²) in [5.41, 5.74) is 1.88. The van der Waals surface area contributed by atoms with E-state index in [-0.39, 0.29) is 11.5 Å². The van der Waals surface area contributed by atoms with Gasteiger partial charge in [0, 0.05) is 5.56 Å². The molecule has 0 unspecified atom stereocenters. The van der Waals surface area contributed by atoms with Gasteiger partial charge in [0.25, 0.3) is 0 Å². The SMILES string of the molecule is O=C(CS)c1ccc2c(c1)CCCO2. The van der Waals surface area contributed by atoms with Gasteiger partial charge < -0.3 is 4.74 Å². The molecule has 0 N–H and O–H groups in total. The van der Waals surface area contributed by atoms with E-state index in [2.05, 4.69) is 12.6 Å². The summed E-state index contributed by atoms with van der Waals surface area (Å²) in [4.78, 5) is 11.4. The van der Waals surface area contributed by atoms with Crippen LogP contribution in [0.4, 0.5) is 0 Å². The van der Waals surface area contributed by atoms with Crippen molar-refractivity contribution in [3.63, 3.8) is 0 Å². The van der Waals surface area contributed by atoms with Crippen LogP contribution < -0.4 is 4.74 Å². The molecule has 3 heteroatoms. The number of ketones is 1. The minimum absolute atomic E-state index is 0.0710. The number of aryl methyl sites for hydroxylation is 1. The maximum Gasteiger partial charge on any atom is 0.172 e. The smallest absolute Gasteiger partial charge is 0.172 e. The molecule has 2 nitrogen and oxygen atoms in total. The van der Waals surface area contributed by atoms with Crippen molar-refractivity contribution in [1.82, 2.24) is 0 Å². The monoisotopic (exact) mass is 208 g/mol. The lowest BCUT2D eigenvalue weighted by molar-refractivity contribution is 0.102. The Hall–Kier alpha value is -0.960. The minimum Gasteiger partial charge on any atom is -0.493 e. The number of fused-ring (bicyclic) bond motifs is 1. The van der Waals surface area contributed by atoms with E-state index in [1.54, 1.807) is 0 Å². The van der Waals surface area contributed by atoms with Crippen LogP contribution >= 0.6 is 12.6 Å². The number of Topliss-reactive ketones (excluding diaryl/α,β-unsaturated/α-hetero) is 1. The molecular weight excluding hydrogens is 196 g/mol. The zero-order chi connectivity index (χ0) is 9.97. The Morgan fingerprint density at radius 1 is 1.50 bits per heavy atom. The fraction of sp³-hybridized carbons (Fsp3) is 0.364. The Morgan fingerprint density at radius 2 is 2.36 bits per heavy atom. The van der Waals surface area contributed by atoms with Gasteiger partial charge in [-0.1, -0.05) is 0 Å². The molecule has 1 aromatic carbocycles. The number of ether oxygens (including phenoxy) is 1. The number of rotatable bonds is 2. The summed E-state index contributed by atoms with van der Waals surface area (Å²) in [6.45, 7) is 0.785. The number of carbonyl (C=O) groups excluding carboxylic acids is 1. The first-order valence-corrected chi connectivity index (χ1v) is 5.34. The summed E-state index contributed by atoms with van der Waals surface area (Å²) in [6, 6.07) is 5.61. The Bertz CT molecular complexity index is 360. The lowest BCUT2D eigenvalue weighted by Gasteiger charge is -2.17. The molecule has 1 aliphatic heterocycles. The van der Waals surface area contributed by atoms with Gasteiger partial charge in [0.1, 0.15) is 5.75 Å². The molecule has 74 valence electrons. The van der Waals surface area contributed by atoms with Crippen molar-refractivity contribution in [3.05, 3.63) is 29.3 Å². The van der Waals surface area contributed by atoms with Gasteiger partial charge in [0.05, 0.1) is 12.4 Å². The predicted octanol–water partition coefficient (Wildman–Crippen LogP) is 2.12. The maximum absolute atomic E-state index is 11.4. The van der Waals surface area contributed by atoms with Crippen LogP contribution in [0.2, 0.25) is 0 Å². The van der Waals surface area contributed by atoms with Crippen molar-refractivity contribution in [2.24, 2.45) is 0 Å². The van der Waals surface area contributed by atoms with Crippen molar-refractivity contribution < 1.29 is 9.53 Å². The highest BCUT2D eigenvalue weighted by Crippen LogP contribution is 2.25. The van der Waals surface area contributed by atoms with E-state index < -0.39 is 0 Å². The van der Waals surface area contributed by atoms with Gasteiger partial charge in [-0.05, 0) is 36.6 Å². The normalized spacial score (nSPS) is 14.4. The Balaban J connectivity index is 2.33. The third-order valence-corrected chi connectivity index (χ3v) is 2.66. The molecule has 0 aliphatic carbocycles. The Morgan fingerprint density at radius 3 is 3.14 bits per heavy atom. The third kappa shape index (κ3) is 1.77. The quantitative estimate of drug-likeness (QED) is 0.595. The molecule has 1 aromatic rings. The molecule has 0 spiro atoms. The van der Waals surface area contributed by atoms with Gasteiger partial charge in [-0.3, -0.25) is 4.79 Å². The zero-order valence-corrected chi connectivity index (χ0v) is 8.72. The number of carbonyl (C=O) groups is 1. The molecular formula is C11H12O2S. The number of hydrogen-bond donors (Lipinski definition) is 1. The second kappa shape index (κ2) is 4.05. The third-order valence-electron chi connectivity index (χ3n) is 2.37. The van der Waals surface area contributed by atoms with E-state index >= 15 is 0 Å². The molecule has 2 rings (SSSR count). The number of hydrogen-bond acceptors (Lipinski definition) is 3. The van der Waals surface area contributed by atoms with Crippen molar-refractivity contribution in [1.29, 1.82) is 0 Å². The van der Waals surface area contributed by atoms with Crippen LogP contribution in [-0.4, -0.2) is 18.1 Å². The van der Waals surface area contributed by atoms with Gasteiger partial charge in [-0.15, -0.1) is 0 Å². The summed E-state index contributed by atoms with van der Waals surface area (Å²) >= 11 is 3.97. The van der Waals surface area contributed by atoms with E-state index in [9.17, 15) is 4.79 Å². The first kappa shape index (κ1) is 9.59. The van der Waals surface area contributed by atoms with Crippen molar-refractivity contribution in [2.75, 3.05) is 12.4 Å². The molecule has 0 saturated carbocycles. The van der Waals surface area contributed by atoms with E-state index in [0.717, 1.165) is 36.3 Å². The summed E-state index contributed by atoms with van der Waals surface area (Å²) in [5, 5.41) is 0. The van der Waals surface area contributed by atoms with Crippen molar-refractivity contribution in [3.8, 4) is 5.75 Å². The van der Waals surface area contributed by atoms with Gasteiger partial charge >= 0.3 is 0 Å². The summed E-state index contributed by atoms with van der Waals surface area (Å²) in [6.07, 6.45) is 2.04. The van der Waals surface area contributed by atoms with Crippen LogP contribution in [0.1, 0.15) is 22.3 Å². The topological polar surface area (TPSA) is 26.3 Å². The largest absolute Gasteiger partial charge is 0.493 e. The fourth-order valence-electron chi connectivity index (χ4n) is 1.63. The molecule has 0 bridgehead atoms. The van der Waals surface area contributed by atoms with Crippen LogP contribution in [0.15, 0.2) is 18.2 Å². The second-order valence-corrected chi connectivity index (χ2v) is 3.67. The van der Waals surface area contributed by atoms with Crippen LogP contribution in [0, 0.1) is 0 Å². The average Bonchev–Trinajstić information content (AvgIpc) is 2.27. The molecule has 0 atom stereocenters. The highest BCUT2D eigenvalue weighted by molar-refractivity contribution is 7.81. The molecule has 0 saturated heterocycles. The molecule has 0 fully saturated rings. The lowest BCUT2D eigenvalue weighted by atomic mass is 10.0. The van der Waals surface area contributed by atoms with E-state index in [1.807, 2.05) is 18.2 Å². The van der Waals surface area contributed by atoms with Crippen LogP contribution in [-0.2, 0) is 6.42 Å². The van der Waals surface area contributed by atoms with Crippen LogP contribution in [0.3, 0.4) is 0 Å². The van der Waals surface area contributed by atoms with Crippen molar-refractivity contribution in [2.45, 2.75) is 12.8 Å². The van der Waals surface area contributed by atoms with Gasteiger partial charge in [-0.2, -0.15) is 12.6 Å². The summed E-state index contributed by atoms with van der Waals surface area (Å²) in [5.74, 6) is 1.26. The fourth-order valence-corrected chi connectivity index (χ4v) is 1.81. The number of benzene rings is 1. The lowest BCUT2D eigenvalue weighted by Crippen LogP contribution is -2.10. The van der Waals surface area contributed by atoms with Crippen LogP contribution in [0.5, 0.6) is 5.75 Å². The van der Waals surface area contributed by atoms with E-state index in [0.29, 0.717) is 0 Å². The molecule has 0 radical (unpaired) electrons. The molecule has 1 aliphatic rings. The van der Waals surface area contributed by atoms with E-state index in [4.69, 9.17) is 4.74 Å². The van der Waals surface area contributed by atoms with Gasteiger partial charge in [-0.25, -0.2) is 0 Å². The Kier molecular flexibility index (Phi) is 2.77. The molecule has 14 heavy (non-hydrogen) atoms. The summed E-state index contributed by atoms with van der Waals surface area (Å²) in [7, 11) is 0. The molecule has 0 amide bonds. The molecule has 1 heterocycles. The summed E-state index contributed by atoms with van der Waals surface area (Å²) < 4.78 is 5.46. The standard InChI is InChI=1S/C11H12O2S/c12-10(7-14)8-3-4-11-9(6-8)2-1-5-13-11/h3-4,6,14H,1-2,5,7H2. The first-order valence-electron chi connectivity index (χ1n) is 4.71. The maximum atomic E-state index is 11.4. The van der Waals surface area contributed by atoms with Crippen molar-refractivity contribution >= 4 is 18.4 Å². The minimum atomic E-state index is 0.0710. The molecule has 0 aromatic heterocycles. The average molecular weight is 208 g/mol.